The van der Waals surface area contributed by atoms with Gasteiger partial charge in [0.1, 0.15) is 12.7 Å². The lowest BCUT2D eigenvalue weighted by atomic mass is 10.00. The maximum Gasteiger partial charge on any atom is 0.331 e. The summed E-state index contributed by atoms with van der Waals surface area (Å²) in [5, 5.41) is 11.9. The normalized spacial score (nSPS) is 14.9. The van der Waals surface area contributed by atoms with Crippen molar-refractivity contribution in [2.75, 3.05) is 0 Å². The number of carbonyl (C=O) groups excluding carboxylic acids is 1. The number of hydrogen-bond donors (Lipinski definition) is 0. The van der Waals surface area contributed by atoms with Gasteiger partial charge >= 0.3 is 5.97 Å². The van der Waals surface area contributed by atoms with Crippen LogP contribution in [0.4, 0.5) is 0 Å². The predicted octanol–water partition coefficient (Wildman–Crippen LogP) is 2.68. The molecule has 2 atom stereocenters. The van der Waals surface area contributed by atoms with Crippen LogP contribution < -0.4 is 5.11 Å². The lowest BCUT2D eigenvalue weighted by molar-refractivity contribution is -0.261. The number of aliphatic imine (C=N–C) groups is 1. The van der Waals surface area contributed by atoms with Crippen LogP contribution in [0.5, 0.6) is 0 Å². The Morgan fingerprint density at radius 2 is 1.87 bits per heavy atom. The van der Waals surface area contributed by atoms with E-state index in [0.29, 0.717) is 6.42 Å². The number of carbonyl (C=O) groups is 1. The Bertz CT molecular complexity index is 520. The molecule has 0 heterocycles. The third-order valence-corrected chi connectivity index (χ3v) is 3.29. The van der Waals surface area contributed by atoms with Crippen LogP contribution >= 0.6 is 0 Å². The lowest BCUT2D eigenvalue weighted by Gasteiger charge is -2.30. The molecule has 5 heteroatoms. The van der Waals surface area contributed by atoms with Gasteiger partial charge in [0.05, 0.1) is 0 Å². The van der Waals surface area contributed by atoms with Gasteiger partial charge in [-0.3, -0.25) is 4.99 Å². The van der Waals surface area contributed by atoms with Gasteiger partial charge in [0.15, 0.2) is 6.04 Å². The molecule has 0 aliphatic carbocycles. The molecule has 0 radical (unpaired) electrons. The number of rotatable bonds is 6. The maximum atomic E-state index is 12.3. The smallest absolute Gasteiger partial charge is 0.331 e. The Morgan fingerprint density at radius 1 is 1.26 bits per heavy atom. The summed E-state index contributed by atoms with van der Waals surface area (Å²) in [7, 11) is 0. The summed E-state index contributed by atoms with van der Waals surface area (Å²) >= 11 is 0. The van der Waals surface area contributed by atoms with Gasteiger partial charge in [-0.25, -0.2) is 4.79 Å². The lowest BCUT2D eigenvalue weighted by Crippen LogP contribution is -2.36. The van der Waals surface area contributed by atoms with Crippen molar-refractivity contribution in [2.24, 2.45) is 10.9 Å². The van der Waals surface area contributed by atoms with E-state index in [1.807, 2.05) is 44.2 Å². The number of esters is 1. The van der Waals surface area contributed by atoms with Gasteiger partial charge in [-0.2, -0.15) is 0 Å². The molecule has 1 unspecified atom stereocenters. The molecule has 0 aliphatic heterocycles. The molecule has 5 nitrogen and oxygen atoms in total. The van der Waals surface area contributed by atoms with Gasteiger partial charge in [0.2, 0.25) is 0 Å². The molecule has 0 amide bonds. The minimum Gasteiger partial charge on any atom is -0.595 e. The molecule has 0 saturated carbocycles. The Labute approximate surface area is 138 Å². The van der Waals surface area contributed by atoms with Gasteiger partial charge in [0.25, 0.3) is 0 Å². The van der Waals surface area contributed by atoms with E-state index in [1.54, 1.807) is 20.8 Å². The molecule has 128 valence electrons. The largest absolute Gasteiger partial charge is 0.595 e. The Hall–Kier alpha value is -2.04. The second-order valence-corrected chi connectivity index (χ2v) is 6.53. The quantitative estimate of drug-likeness (QED) is 0.459. The Balaban J connectivity index is 2.76. The van der Waals surface area contributed by atoms with Crippen LogP contribution in [0.25, 0.3) is 0 Å². The van der Waals surface area contributed by atoms with Crippen molar-refractivity contribution in [3.8, 4) is 0 Å². The van der Waals surface area contributed by atoms with Gasteiger partial charge in [-0.1, -0.05) is 71.4 Å². The summed E-state index contributed by atoms with van der Waals surface area (Å²) in [6.45, 7) is 9.23. The number of hydrogen-bond acceptors (Lipinski definition) is 5. The van der Waals surface area contributed by atoms with Crippen LogP contribution in [-0.4, -0.2) is 23.7 Å². The first-order valence-electron chi connectivity index (χ1n) is 7.87. The summed E-state index contributed by atoms with van der Waals surface area (Å²) in [6.07, 6.45) is -0.0309. The van der Waals surface area contributed by atoms with Crippen molar-refractivity contribution < 1.29 is 19.4 Å². The number of ether oxygens (including phenoxy) is 2. The molecule has 0 fully saturated rings. The van der Waals surface area contributed by atoms with E-state index in [1.165, 1.54) is 0 Å². The van der Waals surface area contributed by atoms with Crippen LogP contribution in [0, 0.1) is 5.92 Å². The van der Waals surface area contributed by atoms with Crippen molar-refractivity contribution >= 4 is 12.1 Å². The van der Waals surface area contributed by atoms with Crippen molar-refractivity contribution in [3.63, 3.8) is 0 Å². The van der Waals surface area contributed by atoms with E-state index in [9.17, 15) is 9.90 Å². The third-order valence-electron chi connectivity index (χ3n) is 3.29. The Kier molecular flexibility index (Phi) is 7.07. The molecular formula is C18H26NO4-. The first-order chi connectivity index (χ1) is 10.7. The van der Waals surface area contributed by atoms with E-state index in [0.717, 1.165) is 5.56 Å². The standard InChI is InChI=1S/C18H27NO4/c1-6-13(2)15(19-17(21)23-18(3,4)5)16(20)22-12-14-10-8-7-9-11-14/h7-11,13,15H,6,12H2,1-5H3,(H,19,21)/p-1/t13-,15?/m0/s1. The monoisotopic (exact) mass is 320 g/mol. The van der Waals surface area contributed by atoms with Crippen molar-refractivity contribution in [1.82, 2.24) is 0 Å². The van der Waals surface area contributed by atoms with Gasteiger partial charge in [-0.05, 0) is 11.5 Å². The molecule has 1 aromatic carbocycles. The zero-order valence-electron chi connectivity index (χ0n) is 14.5. The predicted molar refractivity (Wildman–Crippen MR) is 87.8 cm³/mol. The fourth-order valence-corrected chi connectivity index (χ4v) is 1.85. The molecule has 0 spiro atoms. The van der Waals surface area contributed by atoms with Crippen LogP contribution in [-0.2, 0) is 20.9 Å². The minimum absolute atomic E-state index is 0.106. The SMILES string of the molecule is CC[C@H](C)C(N=C([O-])OC(C)(C)C)C(=O)OCc1ccccc1. The van der Waals surface area contributed by atoms with Crippen molar-refractivity contribution in [2.45, 2.75) is 59.3 Å². The first-order valence-corrected chi connectivity index (χ1v) is 7.87. The molecule has 0 saturated heterocycles. The second-order valence-electron chi connectivity index (χ2n) is 6.53. The van der Waals surface area contributed by atoms with E-state index in [4.69, 9.17) is 9.47 Å². The maximum absolute atomic E-state index is 12.3. The van der Waals surface area contributed by atoms with Gasteiger partial charge in [0, 0.05) is 5.60 Å². The zero-order valence-corrected chi connectivity index (χ0v) is 14.5. The highest BCUT2D eigenvalue weighted by atomic mass is 16.6. The zero-order chi connectivity index (χ0) is 17.5. The van der Waals surface area contributed by atoms with E-state index < -0.39 is 23.7 Å². The average Bonchev–Trinajstić information content (AvgIpc) is 2.49. The number of benzene rings is 1. The minimum atomic E-state index is -0.849. The summed E-state index contributed by atoms with van der Waals surface area (Å²) in [4.78, 5) is 16.2. The molecule has 1 rings (SSSR count). The van der Waals surface area contributed by atoms with E-state index >= 15 is 0 Å². The third kappa shape index (κ3) is 7.17. The molecule has 23 heavy (non-hydrogen) atoms. The molecule has 0 aliphatic rings. The number of nitrogens with zero attached hydrogens (tertiary/aromatic N) is 1. The highest BCUT2D eigenvalue weighted by Crippen LogP contribution is 2.16. The van der Waals surface area contributed by atoms with Crippen molar-refractivity contribution in [3.05, 3.63) is 35.9 Å². The topological polar surface area (TPSA) is 71.0 Å². The van der Waals surface area contributed by atoms with Gasteiger partial charge < -0.3 is 14.6 Å². The summed E-state index contributed by atoms with van der Waals surface area (Å²) in [5.41, 5.74) is 0.246. The van der Waals surface area contributed by atoms with Crippen molar-refractivity contribution in [1.29, 1.82) is 0 Å². The fourth-order valence-electron chi connectivity index (χ4n) is 1.85. The highest BCUT2D eigenvalue weighted by molar-refractivity contribution is 5.79. The summed E-state index contributed by atoms with van der Waals surface area (Å²) in [6, 6.07) is 8.54. The second kappa shape index (κ2) is 8.56. The van der Waals surface area contributed by atoms with Crippen LogP contribution in [0.15, 0.2) is 35.3 Å². The summed E-state index contributed by atoms with van der Waals surface area (Å²) < 4.78 is 10.5. The average molecular weight is 320 g/mol. The molecule has 1 aromatic rings. The van der Waals surface area contributed by atoms with Crippen LogP contribution in [0.2, 0.25) is 0 Å². The Morgan fingerprint density at radius 3 is 2.39 bits per heavy atom. The fraction of sp³-hybridized carbons (Fsp3) is 0.556. The van der Waals surface area contributed by atoms with Crippen LogP contribution in [0.3, 0.4) is 0 Å². The van der Waals surface area contributed by atoms with Gasteiger partial charge in [-0.15, -0.1) is 0 Å². The highest BCUT2D eigenvalue weighted by Gasteiger charge is 2.25. The van der Waals surface area contributed by atoms with Crippen LogP contribution in [0.1, 0.15) is 46.6 Å². The molecular weight excluding hydrogens is 294 g/mol. The first kappa shape index (κ1) is 19.0. The van der Waals surface area contributed by atoms with E-state index in [2.05, 4.69) is 4.99 Å². The summed E-state index contributed by atoms with van der Waals surface area (Å²) in [5.74, 6) is -0.611. The van der Waals surface area contributed by atoms with E-state index in [-0.39, 0.29) is 12.5 Å². The molecule has 0 bridgehead atoms. The molecule has 0 N–H and O–H groups in total. The molecule has 0 aromatic heterocycles.